The van der Waals surface area contributed by atoms with Gasteiger partial charge in [-0.25, -0.2) is 4.68 Å². The van der Waals surface area contributed by atoms with E-state index in [1.165, 1.54) is 11.6 Å². The fourth-order valence-corrected chi connectivity index (χ4v) is 3.92. The van der Waals surface area contributed by atoms with Crippen LogP contribution in [-0.4, -0.2) is 45.3 Å². The Balaban J connectivity index is 1.81. The number of hydrogen-bond donors (Lipinski definition) is 0. The normalized spacial score (nSPS) is 14.5. The van der Waals surface area contributed by atoms with Crippen molar-refractivity contribution in [3.63, 3.8) is 0 Å². The van der Waals surface area contributed by atoms with Crippen LogP contribution in [0.2, 0.25) is 5.02 Å². The lowest BCUT2D eigenvalue weighted by atomic mass is 10.1. The van der Waals surface area contributed by atoms with Crippen LogP contribution in [0, 0.1) is 13.8 Å². The number of nitrogens with zero attached hydrogens (tertiary/aromatic N) is 4. The summed E-state index contributed by atoms with van der Waals surface area (Å²) in [6, 6.07) is 5.90. The lowest BCUT2D eigenvalue weighted by Crippen LogP contribution is -2.32. The monoisotopic (exact) mass is 452 g/mol. The minimum Gasteiger partial charge on any atom is -0.467 e. The Morgan fingerprint density at radius 1 is 1.23 bits per heavy atom. The summed E-state index contributed by atoms with van der Waals surface area (Å²) < 4.78 is 48.3. The molecule has 4 rings (SSSR count). The number of hydrogen-bond acceptors (Lipinski definition) is 4. The number of rotatable bonds is 4. The summed E-state index contributed by atoms with van der Waals surface area (Å²) in [6.07, 6.45) is -2.84. The third-order valence-corrected chi connectivity index (χ3v) is 5.77. The summed E-state index contributed by atoms with van der Waals surface area (Å²) in [5.74, 6) is -0.559. The molecule has 0 atom stereocenters. The van der Waals surface area contributed by atoms with Crippen LogP contribution < -0.4 is 4.74 Å². The maximum Gasteiger partial charge on any atom is 0.417 e. The molecule has 0 bridgehead atoms. The van der Waals surface area contributed by atoms with E-state index in [0.717, 1.165) is 18.9 Å². The van der Waals surface area contributed by atoms with Crippen molar-refractivity contribution in [2.45, 2.75) is 32.9 Å². The number of fused-ring (bicyclic) bond motifs is 1. The van der Waals surface area contributed by atoms with Gasteiger partial charge in [-0.2, -0.15) is 23.3 Å². The summed E-state index contributed by atoms with van der Waals surface area (Å²) in [4.78, 5) is 18.2. The summed E-state index contributed by atoms with van der Waals surface area (Å²) in [5.41, 5.74) is 0.413. The first-order valence-corrected chi connectivity index (χ1v) is 10.2. The van der Waals surface area contributed by atoms with Crippen molar-refractivity contribution in [3.8, 4) is 11.6 Å². The minimum absolute atomic E-state index is 0.0127. The van der Waals surface area contributed by atoms with E-state index in [0.29, 0.717) is 29.4 Å². The number of amides is 1. The third kappa shape index (κ3) is 4.06. The van der Waals surface area contributed by atoms with Gasteiger partial charge in [-0.05, 0) is 44.4 Å². The summed E-state index contributed by atoms with van der Waals surface area (Å²) >= 11 is 6.20. The number of aryl methyl sites for hydroxylation is 1. The zero-order chi connectivity index (χ0) is 22.3. The van der Waals surface area contributed by atoms with Gasteiger partial charge in [-0.3, -0.25) is 4.79 Å². The second-order valence-electron chi connectivity index (χ2n) is 7.46. The molecule has 31 heavy (non-hydrogen) atoms. The number of carbonyl (C=O) groups excluding carboxylic acids is 1. The average Bonchev–Trinajstić information content (AvgIpc) is 3.36. The molecule has 10 heteroatoms. The van der Waals surface area contributed by atoms with Gasteiger partial charge in [0, 0.05) is 24.2 Å². The lowest BCUT2D eigenvalue weighted by molar-refractivity contribution is -0.136. The first-order valence-electron chi connectivity index (χ1n) is 9.80. The molecule has 0 unspecified atom stereocenters. The molecule has 3 aromatic rings. The molecule has 1 aliphatic heterocycles. The third-order valence-electron chi connectivity index (χ3n) is 5.36. The number of halogens is 4. The van der Waals surface area contributed by atoms with E-state index < -0.39 is 11.7 Å². The van der Waals surface area contributed by atoms with Crippen LogP contribution in [0.25, 0.3) is 16.7 Å². The second-order valence-corrected chi connectivity index (χ2v) is 7.87. The van der Waals surface area contributed by atoms with E-state index >= 15 is 0 Å². The number of likely N-dealkylation sites (tertiary alicyclic amines) is 1. The standard InChI is InChI=1S/C21H20ClF3N4O2/c1-12-15(22)6-5-7-16(12)29-20-19(13(2)27-29)14(21(23,24)25)10-17(26-20)31-11-18(30)28-8-3-4-9-28/h5-7,10H,3-4,8-9,11H2,1-2H3. The molecular weight excluding hydrogens is 433 g/mol. The Labute approximate surface area is 181 Å². The molecule has 2 aromatic heterocycles. The van der Waals surface area contributed by atoms with Gasteiger partial charge in [0.25, 0.3) is 5.91 Å². The SMILES string of the molecule is Cc1c(Cl)cccc1-n1nc(C)c2c(C(F)(F)F)cc(OCC(=O)N3CCCC3)nc21. The van der Waals surface area contributed by atoms with Crippen molar-refractivity contribution in [1.29, 1.82) is 0 Å². The van der Waals surface area contributed by atoms with Crippen LogP contribution in [-0.2, 0) is 11.0 Å². The van der Waals surface area contributed by atoms with Crippen LogP contribution in [0.4, 0.5) is 13.2 Å². The first kappa shape index (κ1) is 21.4. The van der Waals surface area contributed by atoms with Crippen molar-refractivity contribution >= 4 is 28.5 Å². The smallest absolute Gasteiger partial charge is 0.417 e. The summed E-state index contributed by atoms with van der Waals surface area (Å²) in [5, 5.41) is 4.64. The van der Waals surface area contributed by atoms with Crippen LogP contribution in [0.5, 0.6) is 5.88 Å². The number of alkyl halides is 3. The number of aromatic nitrogens is 3. The van der Waals surface area contributed by atoms with Crippen molar-refractivity contribution in [2.24, 2.45) is 0 Å². The Kier molecular flexibility index (Phi) is 5.55. The number of ether oxygens (including phenoxy) is 1. The van der Waals surface area contributed by atoms with E-state index in [2.05, 4.69) is 10.1 Å². The molecule has 3 heterocycles. The van der Waals surface area contributed by atoms with Crippen LogP contribution in [0.1, 0.15) is 29.7 Å². The topological polar surface area (TPSA) is 60.3 Å². The maximum atomic E-state index is 13.9. The molecule has 0 N–H and O–H groups in total. The van der Waals surface area contributed by atoms with Crippen molar-refractivity contribution in [1.82, 2.24) is 19.7 Å². The van der Waals surface area contributed by atoms with E-state index in [4.69, 9.17) is 16.3 Å². The van der Waals surface area contributed by atoms with Gasteiger partial charge >= 0.3 is 6.18 Å². The van der Waals surface area contributed by atoms with Crippen molar-refractivity contribution in [3.05, 3.63) is 46.1 Å². The largest absolute Gasteiger partial charge is 0.467 e. The highest BCUT2D eigenvalue weighted by atomic mass is 35.5. The number of benzene rings is 1. The van der Waals surface area contributed by atoms with E-state index in [1.807, 2.05) is 0 Å². The van der Waals surface area contributed by atoms with Gasteiger partial charge in [0.05, 0.1) is 22.3 Å². The Morgan fingerprint density at radius 2 is 1.94 bits per heavy atom. The zero-order valence-corrected chi connectivity index (χ0v) is 17.7. The molecule has 0 radical (unpaired) electrons. The minimum atomic E-state index is -4.65. The van der Waals surface area contributed by atoms with Gasteiger partial charge in [0.15, 0.2) is 12.3 Å². The van der Waals surface area contributed by atoms with Gasteiger partial charge in [0.2, 0.25) is 5.88 Å². The van der Waals surface area contributed by atoms with Gasteiger partial charge in [-0.1, -0.05) is 17.7 Å². The predicted molar refractivity (Wildman–Crippen MR) is 110 cm³/mol. The molecule has 1 saturated heterocycles. The Hall–Kier alpha value is -2.81. The molecule has 0 spiro atoms. The highest BCUT2D eigenvalue weighted by Gasteiger charge is 2.36. The van der Waals surface area contributed by atoms with Crippen LogP contribution >= 0.6 is 11.6 Å². The maximum absolute atomic E-state index is 13.9. The highest BCUT2D eigenvalue weighted by molar-refractivity contribution is 6.31. The van der Waals surface area contributed by atoms with Crippen molar-refractivity contribution < 1.29 is 22.7 Å². The molecule has 6 nitrogen and oxygen atoms in total. The Bertz CT molecular complexity index is 1150. The van der Waals surface area contributed by atoms with E-state index in [-0.39, 0.29) is 35.1 Å². The molecule has 164 valence electrons. The molecule has 1 amide bonds. The molecule has 1 fully saturated rings. The first-order chi connectivity index (χ1) is 14.7. The molecule has 1 aliphatic rings. The summed E-state index contributed by atoms with van der Waals surface area (Å²) in [6.45, 7) is 4.12. The average molecular weight is 453 g/mol. The Morgan fingerprint density at radius 3 is 2.61 bits per heavy atom. The fraction of sp³-hybridized carbons (Fsp3) is 0.381. The zero-order valence-electron chi connectivity index (χ0n) is 17.0. The molecule has 1 aromatic carbocycles. The van der Waals surface area contributed by atoms with Gasteiger partial charge in [0.1, 0.15) is 0 Å². The van der Waals surface area contributed by atoms with Crippen LogP contribution in [0.15, 0.2) is 24.3 Å². The van der Waals surface area contributed by atoms with E-state index in [9.17, 15) is 18.0 Å². The molecule has 0 saturated carbocycles. The number of carbonyl (C=O) groups is 1. The van der Waals surface area contributed by atoms with E-state index in [1.54, 1.807) is 30.0 Å². The predicted octanol–water partition coefficient (Wildman–Crippen LogP) is 4.71. The molecule has 0 aliphatic carbocycles. The van der Waals surface area contributed by atoms with Crippen molar-refractivity contribution in [2.75, 3.05) is 19.7 Å². The van der Waals surface area contributed by atoms with Crippen LogP contribution in [0.3, 0.4) is 0 Å². The quantitative estimate of drug-likeness (QED) is 0.575. The lowest BCUT2D eigenvalue weighted by Gasteiger charge is -2.16. The summed E-state index contributed by atoms with van der Waals surface area (Å²) in [7, 11) is 0. The fourth-order valence-electron chi connectivity index (χ4n) is 3.75. The number of pyridine rings is 1. The molecular formula is C21H20ClF3N4O2. The second kappa shape index (κ2) is 8.03. The van der Waals surface area contributed by atoms with Gasteiger partial charge in [-0.15, -0.1) is 0 Å². The highest BCUT2D eigenvalue weighted by Crippen LogP contribution is 2.38. The van der Waals surface area contributed by atoms with Gasteiger partial charge < -0.3 is 9.64 Å².